The van der Waals surface area contributed by atoms with Crippen molar-refractivity contribution in [2.24, 2.45) is 0 Å². The Morgan fingerprint density at radius 1 is 1.50 bits per heavy atom. The molecule has 2 nitrogen and oxygen atoms in total. The van der Waals surface area contributed by atoms with Crippen LogP contribution in [0.25, 0.3) is 0 Å². The van der Waals surface area contributed by atoms with E-state index >= 15 is 0 Å². The molecule has 0 saturated carbocycles. The van der Waals surface area contributed by atoms with Crippen LogP contribution in [0.1, 0.15) is 0 Å². The quantitative estimate of drug-likeness (QED) is 0.487. The summed E-state index contributed by atoms with van der Waals surface area (Å²) in [6.45, 7) is 1.71. The lowest BCUT2D eigenvalue weighted by molar-refractivity contribution is 0.596. The van der Waals surface area contributed by atoms with E-state index in [-0.39, 0.29) is 0 Å². The van der Waals surface area contributed by atoms with Crippen molar-refractivity contribution >= 4 is 18.8 Å². The van der Waals surface area contributed by atoms with Crippen LogP contribution in [-0.2, 0) is 4.57 Å². The number of anilines is 1. The van der Waals surface area contributed by atoms with Crippen molar-refractivity contribution in [3.8, 4) is 0 Å². The minimum absolute atomic E-state index is 0.678. The topological polar surface area (TPSA) is 43.1 Å². The Morgan fingerprint density at radius 3 is 2.60 bits per heavy atom. The van der Waals surface area contributed by atoms with E-state index in [0.717, 1.165) is 5.30 Å². The Balaban J connectivity index is 3.07. The Hall–Kier alpha value is -0.750. The van der Waals surface area contributed by atoms with Gasteiger partial charge in [-0.05, 0) is 18.8 Å². The van der Waals surface area contributed by atoms with Gasteiger partial charge >= 0.3 is 0 Å². The smallest absolute Gasteiger partial charge is 0.101 e. The molecular weight excluding hydrogens is 145 g/mol. The van der Waals surface area contributed by atoms with Gasteiger partial charge in [-0.15, -0.1) is 0 Å². The SMILES string of the molecule is C[PH](=O)c1cccc(N)c1. The molecule has 3 heteroatoms. The van der Waals surface area contributed by atoms with Crippen molar-refractivity contribution in [1.82, 2.24) is 0 Å². The lowest BCUT2D eigenvalue weighted by Gasteiger charge is -1.96. The number of nitrogen functional groups attached to an aromatic ring is 1. The van der Waals surface area contributed by atoms with Gasteiger partial charge in [-0.2, -0.15) is 0 Å². The van der Waals surface area contributed by atoms with Crippen LogP contribution in [0.3, 0.4) is 0 Å². The average molecular weight is 155 g/mol. The fourth-order valence-corrected chi connectivity index (χ4v) is 1.46. The van der Waals surface area contributed by atoms with Gasteiger partial charge in [0.05, 0.1) is 0 Å². The number of nitrogens with two attached hydrogens (primary N) is 1. The zero-order valence-electron chi connectivity index (χ0n) is 5.79. The van der Waals surface area contributed by atoms with E-state index in [1.54, 1.807) is 18.8 Å². The summed E-state index contributed by atoms with van der Waals surface area (Å²) in [5.74, 6) is 0. The first kappa shape index (κ1) is 7.36. The Bertz CT molecular complexity index is 260. The maximum Gasteiger partial charge on any atom is 0.101 e. The number of rotatable bonds is 1. The van der Waals surface area contributed by atoms with Gasteiger partial charge in [-0.25, -0.2) is 0 Å². The summed E-state index contributed by atoms with van der Waals surface area (Å²) in [5.41, 5.74) is 6.15. The van der Waals surface area contributed by atoms with Crippen LogP contribution in [0, 0.1) is 0 Å². The molecule has 0 aliphatic carbocycles. The highest BCUT2D eigenvalue weighted by molar-refractivity contribution is 7.52. The van der Waals surface area contributed by atoms with Gasteiger partial charge in [-0.3, -0.25) is 0 Å². The van der Waals surface area contributed by atoms with Crippen LogP contribution in [0.5, 0.6) is 0 Å². The maximum atomic E-state index is 10.9. The van der Waals surface area contributed by atoms with Crippen molar-refractivity contribution in [2.75, 3.05) is 12.4 Å². The third-order valence-electron chi connectivity index (χ3n) is 1.29. The maximum absolute atomic E-state index is 10.9. The highest BCUT2D eigenvalue weighted by atomic mass is 31.1. The van der Waals surface area contributed by atoms with Crippen molar-refractivity contribution in [2.45, 2.75) is 0 Å². The molecule has 1 atom stereocenters. The molecule has 0 amide bonds. The summed E-state index contributed by atoms with van der Waals surface area (Å²) in [4.78, 5) is 0. The lowest BCUT2D eigenvalue weighted by Crippen LogP contribution is -1.96. The summed E-state index contributed by atoms with van der Waals surface area (Å²) in [7, 11) is -1.56. The zero-order chi connectivity index (χ0) is 7.56. The van der Waals surface area contributed by atoms with Gasteiger partial charge in [0, 0.05) is 11.0 Å². The summed E-state index contributed by atoms with van der Waals surface area (Å²) in [5, 5.41) is 0.852. The normalized spacial score (nSPS) is 12.9. The van der Waals surface area contributed by atoms with Crippen LogP contribution in [0.15, 0.2) is 24.3 Å². The van der Waals surface area contributed by atoms with Crippen LogP contribution >= 0.6 is 7.80 Å². The molecule has 0 heterocycles. The molecule has 10 heavy (non-hydrogen) atoms. The monoisotopic (exact) mass is 155 g/mol. The number of hydrogen-bond donors (Lipinski definition) is 1. The minimum atomic E-state index is -1.56. The highest BCUT2D eigenvalue weighted by Gasteiger charge is 1.94. The number of benzene rings is 1. The molecule has 1 aromatic carbocycles. The third-order valence-corrected chi connectivity index (χ3v) is 2.42. The fraction of sp³-hybridized carbons (Fsp3) is 0.143. The predicted octanol–water partition coefficient (Wildman–Crippen LogP) is 1.08. The van der Waals surface area contributed by atoms with E-state index in [1.165, 1.54) is 0 Å². The second-order valence-corrected chi connectivity index (χ2v) is 3.87. The van der Waals surface area contributed by atoms with Crippen molar-refractivity contribution in [3.05, 3.63) is 24.3 Å². The van der Waals surface area contributed by atoms with E-state index in [2.05, 4.69) is 0 Å². The number of hydrogen-bond acceptors (Lipinski definition) is 2. The third kappa shape index (κ3) is 1.61. The first-order valence-electron chi connectivity index (χ1n) is 3.06. The predicted molar refractivity (Wildman–Crippen MR) is 45.4 cm³/mol. The molecule has 2 N–H and O–H groups in total. The van der Waals surface area contributed by atoms with Gasteiger partial charge in [0.2, 0.25) is 0 Å². The van der Waals surface area contributed by atoms with E-state index in [9.17, 15) is 4.57 Å². The van der Waals surface area contributed by atoms with E-state index < -0.39 is 7.80 Å². The van der Waals surface area contributed by atoms with Crippen LogP contribution in [0.4, 0.5) is 5.69 Å². The molecule has 54 valence electrons. The zero-order valence-corrected chi connectivity index (χ0v) is 6.79. The van der Waals surface area contributed by atoms with Gasteiger partial charge in [0.1, 0.15) is 7.80 Å². The first-order chi connectivity index (χ1) is 4.70. The molecule has 0 radical (unpaired) electrons. The standard InChI is InChI=1S/C7H10NOP/c1-10(9)7-4-2-3-6(8)5-7/h2-5,10H,8H2,1H3. The van der Waals surface area contributed by atoms with Crippen LogP contribution in [0.2, 0.25) is 0 Å². The molecule has 1 unspecified atom stereocenters. The Kier molecular flexibility index (Phi) is 2.13. The molecule has 0 spiro atoms. The average Bonchev–Trinajstić information content (AvgIpc) is 1.88. The van der Waals surface area contributed by atoms with Crippen LogP contribution in [-0.4, -0.2) is 6.66 Å². The summed E-state index contributed by atoms with van der Waals surface area (Å²) in [6.07, 6.45) is 0. The van der Waals surface area contributed by atoms with Gasteiger partial charge < -0.3 is 10.3 Å². The fourth-order valence-electron chi connectivity index (χ4n) is 0.758. The lowest BCUT2D eigenvalue weighted by atomic mass is 10.3. The van der Waals surface area contributed by atoms with Gasteiger partial charge in [0.25, 0.3) is 0 Å². The molecule has 0 aromatic heterocycles. The highest BCUT2D eigenvalue weighted by Crippen LogP contribution is 2.14. The summed E-state index contributed by atoms with van der Waals surface area (Å²) in [6, 6.07) is 7.18. The molecule has 0 aliphatic heterocycles. The van der Waals surface area contributed by atoms with Gasteiger partial charge in [0.15, 0.2) is 0 Å². The molecule has 0 fully saturated rings. The molecule has 0 bridgehead atoms. The second-order valence-electron chi connectivity index (χ2n) is 2.18. The first-order valence-corrected chi connectivity index (χ1v) is 4.97. The van der Waals surface area contributed by atoms with Crippen molar-refractivity contribution in [3.63, 3.8) is 0 Å². The summed E-state index contributed by atoms with van der Waals surface area (Å²) >= 11 is 0. The van der Waals surface area contributed by atoms with E-state index in [0.29, 0.717) is 5.69 Å². The molecule has 1 rings (SSSR count). The Labute approximate surface area is 60.8 Å². The van der Waals surface area contributed by atoms with Crippen molar-refractivity contribution in [1.29, 1.82) is 0 Å². The van der Waals surface area contributed by atoms with Gasteiger partial charge in [-0.1, -0.05) is 12.1 Å². The molecule has 1 aromatic rings. The molecular formula is C7H10NOP. The largest absolute Gasteiger partial charge is 0.399 e. The molecule has 0 aliphatic rings. The van der Waals surface area contributed by atoms with Crippen LogP contribution < -0.4 is 11.0 Å². The summed E-state index contributed by atoms with van der Waals surface area (Å²) < 4.78 is 10.9. The second kappa shape index (κ2) is 2.89. The van der Waals surface area contributed by atoms with E-state index in [4.69, 9.17) is 5.73 Å². The molecule has 0 saturated heterocycles. The van der Waals surface area contributed by atoms with Crippen molar-refractivity contribution < 1.29 is 4.57 Å². The minimum Gasteiger partial charge on any atom is -0.399 e. The Morgan fingerprint density at radius 2 is 2.20 bits per heavy atom. The van der Waals surface area contributed by atoms with E-state index in [1.807, 2.05) is 12.1 Å².